The van der Waals surface area contributed by atoms with E-state index in [1.807, 2.05) is 18.2 Å². The van der Waals surface area contributed by atoms with Gasteiger partial charge >= 0.3 is 0 Å². The molecule has 0 saturated heterocycles. The van der Waals surface area contributed by atoms with Gasteiger partial charge < -0.3 is 0 Å². The van der Waals surface area contributed by atoms with Gasteiger partial charge in [-0.15, -0.1) is 0 Å². The number of hydrogen-bond donors (Lipinski definition) is 0. The second kappa shape index (κ2) is 5.10. The zero-order chi connectivity index (χ0) is 14.1. The van der Waals surface area contributed by atoms with Gasteiger partial charge in [0.25, 0.3) is 0 Å². The Labute approximate surface area is 125 Å². The van der Waals surface area contributed by atoms with Crippen LogP contribution in [-0.4, -0.2) is 19.9 Å². The van der Waals surface area contributed by atoms with Gasteiger partial charge in [0.2, 0.25) is 0 Å². The molecule has 0 atom stereocenters. The highest BCUT2D eigenvalue weighted by Crippen LogP contribution is 2.28. The quantitative estimate of drug-likeness (QED) is 0.527. The van der Waals surface area contributed by atoms with E-state index < -0.39 is 0 Å². The summed E-state index contributed by atoms with van der Waals surface area (Å²) in [6.07, 6.45) is 6.87. The third kappa shape index (κ3) is 2.32. The molecule has 0 N–H and O–H groups in total. The second-order valence-corrected chi connectivity index (χ2v) is 5.55. The first kappa shape index (κ1) is 12.2. The van der Waals surface area contributed by atoms with Gasteiger partial charge in [0.1, 0.15) is 10.1 Å². The first-order chi connectivity index (χ1) is 10.4. The molecule has 0 fully saturated rings. The van der Waals surface area contributed by atoms with Crippen LogP contribution >= 0.6 is 11.8 Å². The van der Waals surface area contributed by atoms with Crippen molar-refractivity contribution in [2.75, 3.05) is 0 Å². The molecule has 0 aliphatic heterocycles. The van der Waals surface area contributed by atoms with Gasteiger partial charge in [-0.3, -0.25) is 9.97 Å². The van der Waals surface area contributed by atoms with Crippen LogP contribution in [-0.2, 0) is 0 Å². The SMILES string of the molecule is c1cnc2c(c1)ccc1ccc(Sc3cnccn3)nc12. The normalized spacial score (nSPS) is 11.0. The van der Waals surface area contributed by atoms with E-state index in [4.69, 9.17) is 4.98 Å². The molecule has 4 aromatic rings. The van der Waals surface area contributed by atoms with Crippen LogP contribution in [0.3, 0.4) is 0 Å². The first-order valence-electron chi connectivity index (χ1n) is 6.48. The summed E-state index contributed by atoms with van der Waals surface area (Å²) in [4.78, 5) is 17.5. The molecule has 21 heavy (non-hydrogen) atoms. The lowest BCUT2D eigenvalue weighted by Crippen LogP contribution is -1.88. The molecule has 3 aromatic heterocycles. The first-order valence-corrected chi connectivity index (χ1v) is 7.30. The number of rotatable bonds is 2. The van der Waals surface area contributed by atoms with Crippen LogP contribution in [0.4, 0.5) is 0 Å². The Balaban J connectivity index is 1.86. The summed E-state index contributed by atoms with van der Waals surface area (Å²) in [5.74, 6) is 0. The molecule has 0 bridgehead atoms. The zero-order valence-corrected chi connectivity index (χ0v) is 11.8. The van der Waals surface area contributed by atoms with E-state index in [9.17, 15) is 0 Å². The maximum Gasteiger partial charge on any atom is 0.121 e. The average Bonchev–Trinajstić information content (AvgIpc) is 2.56. The minimum Gasteiger partial charge on any atom is -0.260 e. The highest BCUT2D eigenvalue weighted by atomic mass is 32.2. The van der Waals surface area contributed by atoms with Crippen LogP contribution < -0.4 is 0 Å². The van der Waals surface area contributed by atoms with E-state index in [0.29, 0.717) is 0 Å². The lowest BCUT2D eigenvalue weighted by molar-refractivity contribution is 1.05. The maximum atomic E-state index is 4.73. The average molecular weight is 290 g/mol. The van der Waals surface area contributed by atoms with Crippen molar-refractivity contribution in [3.8, 4) is 0 Å². The van der Waals surface area contributed by atoms with Crippen molar-refractivity contribution in [3.05, 3.63) is 61.2 Å². The molecule has 5 heteroatoms. The molecular weight excluding hydrogens is 280 g/mol. The zero-order valence-electron chi connectivity index (χ0n) is 11.0. The third-order valence-electron chi connectivity index (χ3n) is 3.16. The Morgan fingerprint density at radius 2 is 1.57 bits per heavy atom. The molecule has 0 spiro atoms. The standard InChI is InChI=1S/C16H10N4S/c1-2-11-3-4-12-5-6-13(20-16(12)15(11)19-7-1)21-14-10-17-8-9-18-14/h1-10H. The molecule has 100 valence electrons. The Morgan fingerprint density at radius 3 is 2.43 bits per heavy atom. The van der Waals surface area contributed by atoms with Crippen LogP contribution in [0.2, 0.25) is 0 Å². The molecule has 0 amide bonds. The number of nitrogens with zero attached hydrogens (tertiary/aromatic N) is 4. The van der Waals surface area contributed by atoms with Crippen LogP contribution in [0.25, 0.3) is 21.8 Å². The van der Waals surface area contributed by atoms with Crippen LogP contribution in [0.1, 0.15) is 0 Å². The number of fused-ring (bicyclic) bond motifs is 3. The molecule has 4 nitrogen and oxygen atoms in total. The fraction of sp³-hybridized carbons (Fsp3) is 0. The van der Waals surface area contributed by atoms with E-state index in [-0.39, 0.29) is 0 Å². The molecule has 0 aliphatic rings. The van der Waals surface area contributed by atoms with Crippen molar-refractivity contribution in [1.29, 1.82) is 0 Å². The predicted octanol–water partition coefficient (Wildman–Crippen LogP) is 3.72. The monoisotopic (exact) mass is 290 g/mol. The van der Waals surface area contributed by atoms with Crippen LogP contribution in [0.5, 0.6) is 0 Å². The predicted molar refractivity (Wildman–Crippen MR) is 83.2 cm³/mol. The van der Waals surface area contributed by atoms with Crippen LogP contribution in [0, 0.1) is 0 Å². The Kier molecular flexibility index (Phi) is 2.97. The highest BCUT2D eigenvalue weighted by molar-refractivity contribution is 7.99. The second-order valence-electron chi connectivity index (χ2n) is 4.51. The summed E-state index contributed by atoms with van der Waals surface area (Å²) >= 11 is 1.50. The molecule has 1 aromatic carbocycles. The van der Waals surface area contributed by atoms with Crippen molar-refractivity contribution in [3.63, 3.8) is 0 Å². The van der Waals surface area contributed by atoms with Gasteiger partial charge in [0.15, 0.2) is 0 Å². The summed E-state index contributed by atoms with van der Waals surface area (Å²) in [5.41, 5.74) is 1.85. The molecule has 0 unspecified atom stereocenters. The van der Waals surface area contributed by atoms with Crippen molar-refractivity contribution in [1.82, 2.24) is 19.9 Å². The van der Waals surface area contributed by atoms with Gasteiger partial charge in [-0.2, -0.15) is 0 Å². The number of benzene rings is 1. The molecule has 3 heterocycles. The summed E-state index contributed by atoms with van der Waals surface area (Å²) in [5, 5.41) is 3.91. The van der Waals surface area contributed by atoms with E-state index >= 15 is 0 Å². The van der Waals surface area contributed by atoms with Crippen molar-refractivity contribution in [2.45, 2.75) is 10.1 Å². The topological polar surface area (TPSA) is 51.6 Å². The van der Waals surface area contributed by atoms with Gasteiger partial charge in [-0.25, -0.2) is 9.97 Å². The molecule has 0 saturated carbocycles. The summed E-state index contributed by atoms with van der Waals surface area (Å²) in [6, 6.07) is 12.2. The highest BCUT2D eigenvalue weighted by Gasteiger charge is 2.06. The maximum absolute atomic E-state index is 4.73. The Hall–Kier alpha value is -2.53. The van der Waals surface area contributed by atoms with Gasteiger partial charge in [0.05, 0.1) is 17.2 Å². The minimum absolute atomic E-state index is 0.831. The van der Waals surface area contributed by atoms with E-state index in [1.54, 1.807) is 24.8 Å². The molecule has 0 radical (unpaired) electrons. The minimum atomic E-state index is 0.831. The summed E-state index contributed by atoms with van der Waals surface area (Å²) in [6.45, 7) is 0. The largest absolute Gasteiger partial charge is 0.260 e. The van der Waals surface area contributed by atoms with Gasteiger partial charge in [-0.1, -0.05) is 24.3 Å². The Bertz CT molecular complexity index is 925. The van der Waals surface area contributed by atoms with Crippen molar-refractivity contribution in [2.24, 2.45) is 0 Å². The van der Waals surface area contributed by atoms with E-state index in [2.05, 4.69) is 33.2 Å². The smallest absolute Gasteiger partial charge is 0.121 e. The third-order valence-corrected chi connectivity index (χ3v) is 4.01. The van der Waals surface area contributed by atoms with Crippen molar-refractivity contribution >= 4 is 33.6 Å². The number of aromatic nitrogens is 4. The number of hydrogen-bond acceptors (Lipinski definition) is 5. The lowest BCUT2D eigenvalue weighted by atomic mass is 10.1. The fourth-order valence-electron chi connectivity index (χ4n) is 2.21. The van der Waals surface area contributed by atoms with Crippen molar-refractivity contribution < 1.29 is 0 Å². The van der Waals surface area contributed by atoms with Gasteiger partial charge in [-0.05, 0) is 23.9 Å². The molecule has 4 rings (SSSR count). The van der Waals surface area contributed by atoms with E-state index in [1.165, 1.54) is 11.8 Å². The van der Waals surface area contributed by atoms with Gasteiger partial charge in [0, 0.05) is 29.4 Å². The van der Waals surface area contributed by atoms with E-state index in [0.717, 1.165) is 31.9 Å². The summed E-state index contributed by atoms with van der Waals surface area (Å²) in [7, 11) is 0. The Morgan fingerprint density at radius 1 is 0.714 bits per heavy atom. The lowest BCUT2D eigenvalue weighted by Gasteiger charge is -2.04. The van der Waals surface area contributed by atoms with Crippen LogP contribution in [0.15, 0.2) is 71.2 Å². The number of pyridine rings is 2. The molecular formula is C16H10N4S. The summed E-state index contributed by atoms with van der Waals surface area (Å²) < 4.78 is 0. The fourth-order valence-corrected chi connectivity index (χ4v) is 2.92. The molecule has 0 aliphatic carbocycles.